The molecule has 7 N–H and O–H groups in total. The number of aliphatic hydroxyl groups is 1. The molecule has 2 aliphatic rings. The molecule has 3 unspecified atom stereocenters. The number of nitrogens with two attached hydrogens (primary N) is 2. The Kier molecular flexibility index (Phi) is 9.39. The summed E-state index contributed by atoms with van der Waals surface area (Å²) < 4.78 is 0. The number of piperazine rings is 1. The van der Waals surface area contributed by atoms with Crippen molar-refractivity contribution in [3.05, 3.63) is 42.1 Å². The summed E-state index contributed by atoms with van der Waals surface area (Å²) in [4.78, 5) is 31.8. The summed E-state index contributed by atoms with van der Waals surface area (Å²) in [5, 5.41) is 16.0. The van der Waals surface area contributed by atoms with Gasteiger partial charge in [-0.1, -0.05) is 12.1 Å². The molecular weight excluding hydrogens is 446 g/mol. The van der Waals surface area contributed by atoms with E-state index in [4.69, 9.17) is 16.5 Å². The molecule has 2 amide bonds. The molecule has 1 aromatic carbocycles. The number of aliphatic hydroxyl groups excluding tert-OH is 1. The van der Waals surface area contributed by atoms with Crippen LogP contribution in [-0.2, 0) is 16.1 Å². The van der Waals surface area contributed by atoms with E-state index in [0.717, 1.165) is 24.1 Å². The molecule has 0 radical (unpaired) electrons. The normalized spacial score (nSPS) is 24.0. The summed E-state index contributed by atoms with van der Waals surface area (Å²) in [6.45, 7) is 6.46. The predicted octanol–water partition coefficient (Wildman–Crippen LogP) is 0.188. The maximum atomic E-state index is 12.5. The molecule has 1 heterocycles. The first-order valence-electron chi connectivity index (χ1n) is 12.2. The number of amides is 2. The Morgan fingerprint density at radius 2 is 1.80 bits per heavy atom. The van der Waals surface area contributed by atoms with Gasteiger partial charge in [0, 0.05) is 51.0 Å². The Labute approximate surface area is 207 Å². The van der Waals surface area contributed by atoms with Crippen LogP contribution in [0.25, 0.3) is 0 Å². The average molecular weight is 486 g/mol. The summed E-state index contributed by atoms with van der Waals surface area (Å²) in [6, 6.07) is 8.21. The monoisotopic (exact) mass is 485 g/mol. The minimum Gasteiger partial charge on any atom is -0.393 e. The first-order chi connectivity index (χ1) is 16.7. The molecule has 1 aliphatic carbocycles. The van der Waals surface area contributed by atoms with Crippen molar-refractivity contribution in [1.29, 1.82) is 0 Å². The molecular formula is C25H39N7O3. The van der Waals surface area contributed by atoms with E-state index in [0.29, 0.717) is 51.4 Å². The van der Waals surface area contributed by atoms with Gasteiger partial charge in [-0.2, -0.15) is 0 Å². The van der Waals surface area contributed by atoms with Crippen molar-refractivity contribution < 1.29 is 14.7 Å². The van der Waals surface area contributed by atoms with E-state index in [9.17, 15) is 14.7 Å². The summed E-state index contributed by atoms with van der Waals surface area (Å²) >= 11 is 0. The van der Waals surface area contributed by atoms with Gasteiger partial charge in [-0.25, -0.2) is 4.99 Å². The van der Waals surface area contributed by atoms with Gasteiger partial charge in [0.2, 0.25) is 12.3 Å². The van der Waals surface area contributed by atoms with Crippen LogP contribution in [0.15, 0.2) is 41.5 Å². The molecule has 192 valence electrons. The molecule has 10 heteroatoms. The van der Waals surface area contributed by atoms with Crippen LogP contribution < -0.4 is 22.1 Å². The van der Waals surface area contributed by atoms with Crippen molar-refractivity contribution in [3.8, 4) is 0 Å². The van der Waals surface area contributed by atoms with Crippen LogP contribution in [0, 0.1) is 0 Å². The number of nitrogens with one attached hydrogen (secondary N) is 2. The molecule has 2 fully saturated rings. The van der Waals surface area contributed by atoms with Gasteiger partial charge in [-0.15, -0.1) is 0 Å². The van der Waals surface area contributed by atoms with Crippen LogP contribution in [-0.4, -0.2) is 83.0 Å². The fraction of sp³-hybridized carbons (Fsp3) is 0.560. The fourth-order valence-electron chi connectivity index (χ4n) is 4.50. The molecule has 1 saturated heterocycles. The van der Waals surface area contributed by atoms with Crippen LogP contribution in [0.4, 0.5) is 5.69 Å². The number of aliphatic imine (C=N–C) groups is 1. The molecule has 1 saturated carbocycles. The third kappa shape index (κ3) is 8.14. The lowest BCUT2D eigenvalue weighted by Gasteiger charge is -2.38. The molecule has 35 heavy (non-hydrogen) atoms. The van der Waals surface area contributed by atoms with Crippen molar-refractivity contribution in [1.82, 2.24) is 20.4 Å². The molecule has 3 rings (SSSR count). The van der Waals surface area contributed by atoms with Gasteiger partial charge >= 0.3 is 0 Å². The van der Waals surface area contributed by atoms with E-state index in [2.05, 4.69) is 15.5 Å². The predicted molar refractivity (Wildman–Crippen MR) is 137 cm³/mol. The van der Waals surface area contributed by atoms with Crippen molar-refractivity contribution >= 4 is 23.8 Å². The highest BCUT2D eigenvalue weighted by molar-refractivity contribution is 5.95. The number of hydrogen-bond donors (Lipinski definition) is 5. The van der Waals surface area contributed by atoms with E-state index >= 15 is 0 Å². The van der Waals surface area contributed by atoms with Gasteiger partial charge in [-0.05, 0) is 56.9 Å². The zero-order valence-corrected chi connectivity index (χ0v) is 20.7. The van der Waals surface area contributed by atoms with Crippen molar-refractivity contribution in [2.45, 2.75) is 63.4 Å². The van der Waals surface area contributed by atoms with E-state index in [1.807, 2.05) is 24.3 Å². The molecule has 0 spiro atoms. The molecule has 3 atom stereocenters. The Bertz CT molecular complexity index is 893. The Morgan fingerprint density at radius 1 is 1.14 bits per heavy atom. The Morgan fingerprint density at radius 3 is 2.40 bits per heavy atom. The van der Waals surface area contributed by atoms with Crippen molar-refractivity contribution in [2.24, 2.45) is 16.5 Å². The highest BCUT2D eigenvalue weighted by Crippen LogP contribution is 2.20. The average Bonchev–Trinajstić information content (AvgIpc) is 2.81. The van der Waals surface area contributed by atoms with Crippen LogP contribution >= 0.6 is 0 Å². The number of rotatable bonds is 8. The molecule has 1 aliphatic heterocycles. The maximum absolute atomic E-state index is 12.5. The fourth-order valence-corrected chi connectivity index (χ4v) is 4.50. The Hall–Kier alpha value is -2.79. The zero-order valence-electron chi connectivity index (χ0n) is 20.7. The molecule has 10 nitrogen and oxygen atoms in total. The smallest absolute Gasteiger partial charge is 0.242 e. The zero-order chi connectivity index (χ0) is 25.4. The lowest BCUT2D eigenvalue weighted by Crippen LogP contribution is -2.57. The number of carbonyl (C=O) groups excluding carboxylic acids is 2. The minimum atomic E-state index is -0.897. The maximum Gasteiger partial charge on any atom is 0.242 e. The highest BCUT2D eigenvalue weighted by atomic mass is 16.3. The van der Waals surface area contributed by atoms with E-state index in [1.54, 1.807) is 31.0 Å². The van der Waals surface area contributed by atoms with Crippen molar-refractivity contribution in [3.63, 3.8) is 0 Å². The van der Waals surface area contributed by atoms with Gasteiger partial charge in [-0.3, -0.25) is 9.59 Å². The first kappa shape index (κ1) is 26.8. The largest absolute Gasteiger partial charge is 0.393 e. The van der Waals surface area contributed by atoms with Gasteiger partial charge in [0.15, 0.2) is 0 Å². The van der Waals surface area contributed by atoms with Gasteiger partial charge in [0.1, 0.15) is 5.84 Å². The van der Waals surface area contributed by atoms with Gasteiger partial charge in [0.25, 0.3) is 0 Å². The topological polar surface area (TPSA) is 149 Å². The summed E-state index contributed by atoms with van der Waals surface area (Å²) in [7, 11) is 0. The van der Waals surface area contributed by atoms with Gasteiger partial charge in [0.05, 0.1) is 17.3 Å². The lowest BCUT2D eigenvalue weighted by molar-refractivity contribution is -0.137. The summed E-state index contributed by atoms with van der Waals surface area (Å²) in [5.74, 6) is 0.636. The van der Waals surface area contributed by atoms with E-state index < -0.39 is 5.54 Å². The molecule has 0 bridgehead atoms. The number of amidine groups is 1. The number of hydrogen-bond acceptors (Lipinski definition) is 7. The Balaban J connectivity index is 1.63. The number of nitrogens with zero attached hydrogens (tertiary/aromatic N) is 3. The number of benzene rings is 1. The summed E-state index contributed by atoms with van der Waals surface area (Å²) in [6.07, 6.45) is 5.83. The third-order valence-electron chi connectivity index (χ3n) is 6.33. The van der Waals surface area contributed by atoms with Crippen molar-refractivity contribution in [2.75, 3.05) is 26.2 Å². The second kappa shape index (κ2) is 12.3. The van der Waals surface area contributed by atoms with Crippen LogP contribution in [0.2, 0.25) is 0 Å². The second-order valence-electron chi connectivity index (χ2n) is 9.95. The highest BCUT2D eigenvalue weighted by Gasteiger charge is 2.30. The van der Waals surface area contributed by atoms with E-state index in [-0.39, 0.29) is 24.1 Å². The third-order valence-corrected chi connectivity index (χ3v) is 6.33. The quantitative estimate of drug-likeness (QED) is 0.200. The SMILES string of the molecule is CC(C)(N)C(=O)N1CCN(C(/C=C\NC=O)=Nc2ccc(CNC3CC(N)CC(O)C3)cc2)CC1. The van der Waals surface area contributed by atoms with Crippen LogP contribution in [0.1, 0.15) is 38.7 Å². The first-order valence-corrected chi connectivity index (χ1v) is 12.2. The lowest BCUT2D eigenvalue weighted by atomic mass is 9.89. The minimum absolute atomic E-state index is 0.0370. The molecule has 0 aromatic heterocycles. The van der Waals surface area contributed by atoms with Crippen LogP contribution in [0.3, 0.4) is 0 Å². The number of carbonyl (C=O) groups is 2. The van der Waals surface area contributed by atoms with Crippen LogP contribution in [0.5, 0.6) is 0 Å². The van der Waals surface area contributed by atoms with Gasteiger partial charge < -0.3 is 37.0 Å². The standard InChI is InChI=1S/C25H39N7O3/c1-25(2,27)24(35)32-11-9-31(10-12-32)23(7-8-28-17-33)30-20-5-3-18(4-6-20)16-29-21-13-19(26)14-22(34)15-21/h3-8,17,19,21-22,29,34H,9-16,26-27H2,1-2H3,(H,28,33)/b8-7-,30-23?. The second-order valence-corrected chi connectivity index (χ2v) is 9.95. The molecule has 1 aromatic rings. The summed E-state index contributed by atoms with van der Waals surface area (Å²) in [5.41, 5.74) is 13.0. The van der Waals surface area contributed by atoms with E-state index in [1.165, 1.54) is 0 Å².